The van der Waals surface area contributed by atoms with Crippen LogP contribution in [0.1, 0.15) is 17.3 Å². The average Bonchev–Trinajstić information content (AvgIpc) is 2.83. The van der Waals surface area contributed by atoms with E-state index in [0.29, 0.717) is 72.7 Å². The summed E-state index contributed by atoms with van der Waals surface area (Å²) in [6.07, 6.45) is 0. The summed E-state index contributed by atoms with van der Waals surface area (Å²) in [4.78, 5) is 40.0. The number of hydrogen-bond acceptors (Lipinski definition) is 7. The van der Waals surface area contributed by atoms with Crippen molar-refractivity contribution in [3.05, 3.63) is 46.1 Å². The Labute approximate surface area is 207 Å². The topological polar surface area (TPSA) is 78.9 Å². The quantitative estimate of drug-likeness (QED) is 0.348. The molecular formula is C22H25Cl2N5O3S. The smallest absolute Gasteiger partial charge is 0.254 e. The molecule has 176 valence electrons. The summed E-state index contributed by atoms with van der Waals surface area (Å²) >= 11 is 13.5. The van der Waals surface area contributed by atoms with Crippen LogP contribution in [0.3, 0.4) is 0 Å². The number of carbonyl (C=O) groups is 2. The van der Waals surface area contributed by atoms with Crippen LogP contribution in [0.4, 0.5) is 5.82 Å². The fraction of sp³-hybridized carbons (Fsp3) is 0.455. The summed E-state index contributed by atoms with van der Waals surface area (Å²) in [5.41, 5.74) is 0.619. The minimum atomic E-state index is -0.0188. The molecule has 2 aromatic rings. The number of hydrogen-bond donors (Lipinski definition) is 0. The lowest BCUT2D eigenvalue weighted by Crippen LogP contribution is -2.54. The summed E-state index contributed by atoms with van der Waals surface area (Å²) in [6, 6.07) is 8.64. The van der Waals surface area contributed by atoms with Gasteiger partial charge in [-0.25, -0.2) is 9.97 Å². The van der Waals surface area contributed by atoms with Gasteiger partial charge in [-0.2, -0.15) is 0 Å². The Kier molecular flexibility index (Phi) is 7.95. The number of nitrogens with zero attached hydrogens (tertiary/aromatic N) is 5. The summed E-state index contributed by atoms with van der Waals surface area (Å²) < 4.78 is 5.29. The molecule has 0 radical (unpaired) electrons. The minimum Gasteiger partial charge on any atom is -0.378 e. The van der Waals surface area contributed by atoms with Gasteiger partial charge in [-0.1, -0.05) is 35.0 Å². The van der Waals surface area contributed by atoms with Crippen molar-refractivity contribution >= 4 is 52.6 Å². The van der Waals surface area contributed by atoms with Gasteiger partial charge >= 0.3 is 0 Å². The standard InChI is InChI=1S/C22H25Cl2N5O3S/c1-15-13-28(6-7-29(15)21(31)16-2-4-17(23)5-3-16)19-12-18(24)25-22(26-19)33-14-20(30)27-8-10-32-11-9-27/h2-5,12,15H,6-11,13-14H2,1H3. The molecule has 4 rings (SSSR count). The van der Waals surface area contributed by atoms with E-state index >= 15 is 0 Å². The minimum absolute atomic E-state index is 0.0163. The van der Waals surface area contributed by atoms with Crippen LogP contribution in [-0.4, -0.2) is 89.3 Å². The first-order chi connectivity index (χ1) is 15.9. The van der Waals surface area contributed by atoms with Crippen molar-refractivity contribution in [2.24, 2.45) is 0 Å². The van der Waals surface area contributed by atoms with Gasteiger partial charge in [0.1, 0.15) is 11.0 Å². The third-order valence-corrected chi connectivity index (χ3v) is 6.93. The molecule has 2 amide bonds. The molecule has 33 heavy (non-hydrogen) atoms. The van der Waals surface area contributed by atoms with Gasteiger partial charge in [-0.15, -0.1) is 0 Å². The zero-order valence-corrected chi connectivity index (χ0v) is 20.6. The molecule has 1 aromatic carbocycles. The van der Waals surface area contributed by atoms with Crippen LogP contribution in [-0.2, 0) is 9.53 Å². The highest BCUT2D eigenvalue weighted by atomic mass is 35.5. The van der Waals surface area contributed by atoms with Gasteiger partial charge in [0.25, 0.3) is 5.91 Å². The maximum Gasteiger partial charge on any atom is 0.254 e. The number of anilines is 1. The Hall–Kier alpha value is -2.07. The Balaban J connectivity index is 1.38. The van der Waals surface area contributed by atoms with Gasteiger partial charge in [0.2, 0.25) is 5.91 Å². The van der Waals surface area contributed by atoms with Gasteiger partial charge < -0.3 is 19.4 Å². The van der Waals surface area contributed by atoms with E-state index in [4.69, 9.17) is 27.9 Å². The fourth-order valence-corrected chi connectivity index (χ4v) is 4.98. The third-order valence-electron chi connectivity index (χ3n) is 5.65. The molecular weight excluding hydrogens is 485 g/mol. The van der Waals surface area contributed by atoms with Crippen molar-refractivity contribution < 1.29 is 14.3 Å². The molecule has 1 aromatic heterocycles. The third kappa shape index (κ3) is 6.09. The lowest BCUT2D eigenvalue weighted by Gasteiger charge is -2.40. The second-order valence-corrected chi connectivity index (χ2v) is 9.68. The molecule has 2 saturated heterocycles. The van der Waals surface area contributed by atoms with Gasteiger partial charge in [0.15, 0.2) is 5.16 Å². The first-order valence-corrected chi connectivity index (χ1v) is 12.5. The van der Waals surface area contributed by atoms with Crippen molar-refractivity contribution in [2.45, 2.75) is 18.1 Å². The number of amides is 2. The molecule has 2 aliphatic heterocycles. The van der Waals surface area contributed by atoms with Gasteiger partial charge in [0, 0.05) is 55.4 Å². The highest BCUT2D eigenvalue weighted by molar-refractivity contribution is 7.99. The van der Waals surface area contributed by atoms with Gasteiger partial charge in [0.05, 0.1) is 19.0 Å². The van der Waals surface area contributed by atoms with Crippen LogP contribution in [0.25, 0.3) is 0 Å². The Morgan fingerprint density at radius 3 is 2.52 bits per heavy atom. The van der Waals surface area contributed by atoms with Crippen molar-refractivity contribution in [1.29, 1.82) is 0 Å². The maximum atomic E-state index is 12.9. The van der Waals surface area contributed by atoms with Crippen molar-refractivity contribution in [2.75, 3.05) is 56.6 Å². The Morgan fingerprint density at radius 2 is 1.82 bits per heavy atom. The van der Waals surface area contributed by atoms with Crippen LogP contribution in [0.5, 0.6) is 0 Å². The first-order valence-electron chi connectivity index (χ1n) is 10.7. The summed E-state index contributed by atoms with van der Waals surface area (Å²) in [7, 11) is 0. The highest BCUT2D eigenvalue weighted by Crippen LogP contribution is 2.25. The average molecular weight is 510 g/mol. The largest absolute Gasteiger partial charge is 0.378 e. The van der Waals surface area contributed by atoms with Gasteiger partial charge in [-0.05, 0) is 31.2 Å². The van der Waals surface area contributed by atoms with E-state index in [-0.39, 0.29) is 23.6 Å². The number of rotatable bonds is 5. The summed E-state index contributed by atoms with van der Waals surface area (Å²) in [5.74, 6) is 0.968. The number of aromatic nitrogens is 2. The zero-order chi connectivity index (χ0) is 23.4. The fourth-order valence-electron chi connectivity index (χ4n) is 3.87. The van der Waals surface area contributed by atoms with E-state index in [9.17, 15) is 9.59 Å². The van der Waals surface area contributed by atoms with Crippen molar-refractivity contribution in [3.63, 3.8) is 0 Å². The molecule has 2 aliphatic rings. The van der Waals surface area contributed by atoms with E-state index in [0.717, 1.165) is 0 Å². The number of morpholine rings is 1. The number of benzene rings is 1. The van der Waals surface area contributed by atoms with Crippen LogP contribution < -0.4 is 4.90 Å². The number of ether oxygens (including phenoxy) is 1. The molecule has 3 heterocycles. The first kappa shape index (κ1) is 24.1. The molecule has 0 N–H and O–H groups in total. The Bertz CT molecular complexity index is 1000. The molecule has 8 nitrogen and oxygen atoms in total. The molecule has 1 atom stereocenters. The van der Waals surface area contributed by atoms with Crippen molar-refractivity contribution in [3.8, 4) is 0 Å². The molecule has 0 aliphatic carbocycles. The van der Waals surface area contributed by atoms with Crippen LogP contribution in [0.2, 0.25) is 10.2 Å². The van der Waals surface area contributed by atoms with E-state index in [2.05, 4.69) is 14.9 Å². The summed E-state index contributed by atoms with van der Waals surface area (Å²) in [5, 5.41) is 1.39. The van der Waals surface area contributed by atoms with E-state index < -0.39 is 0 Å². The van der Waals surface area contributed by atoms with E-state index in [1.54, 1.807) is 35.2 Å². The number of halogens is 2. The Morgan fingerprint density at radius 1 is 1.09 bits per heavy atom. The molecule has 0 saturated carbocycles. The second-order valence-electron chi connectivity index (χ2n) is 7.91. The predicted molar refractivity (Wildman–Crippen MR) is 129 cm³/mol. The molecule has 2 fully saturated rings. The van der Waals surface area contributed by atoms with Crippen LogP contribution in [0.15, 0.2) is 35.5 Å². The monoisotopic (exact) mass is 509 g/mol. The summed E-state index contributed by atoms with van der Waals surface area (Å²) in [6.45, 7) is 6.16. The van der Waals surface area contributed by atoms with Crippen molar-refractivity contribution in [1.82, 2.24) is 19.8 Å². The number of piperazine rings is 1. The van der Waals surface area contributed by atoms with Crippen LogP contribution >= 0.6 is 35.0 Å². The lowest BCUT2D eigenvalue weighted by atomic mass is 10.1. The second kappa shape index (κ2) is 10.9. The SMILES string of the molecule is CC1CN(c2cc(Cl)nc(SCC(=O)N3CCOCC3)n2)CCN1C(=O)c1ccc(Cl)cc1. The molecule has 0 bridgehead atoms. The van der Waals surface area contributed by atoms with E-state index in [1.165, 1.54) is 11.8 Å². The normalized spacial score (nSPS) is 19.0. The number of thioether (sulfide) groups is 1. The van der Waals surface area contributed by atoms with Gasteiger partial charge in [-0.3, -0.25) is 9.59 Å². The predicted octanol–water partition coefficient (Wildman–Crippen LogP) is 3.09. The molecule has 0 spiro atoms. The zero-order valence-electron chi connectivity index (χ0n) is 18.2. The van der Waals surface area contributed by atoms with Crippen LogP contribution in [0, 0.1) is 0 Å². The maximum absolute atomic E-state index is 12.9. The highest BCUT2D eigenvalue weighted by Gasteiger charge is 2.29. The lowest BCUT2D eigenvalue weighted by molar-refractivity contribution is -0.132. The van der Waals surface area contributed by atoms with E-state index in [1.807, 2.05) is 11.8 Å². The number of carbonyl (C=O) groups excluding carboxylic acids is 2. The molecule has 11 heteroatoms. The molecule has 1 unspecified atom stereocenters.